The molecule has 2 aromatic carbocycles. The Labute approximate surface area is 129 Å². The van der Waals surface area contributed by atoms with Crippen LogP contribution in [0.1, 0.15) is 5.56 Å². The van der Waals surface area contributed by atoms with Crippen LogP contribution in [0, 0.1) is 6.92 Å². The Bertz CT molecular complexity index is 697. The van der Waals surface area contributed by atoms with E-state index in [-0.39, 0.29) is 5.75 Å². The average molecular weight is 301 g/mol. The first kappa shape index (κ1) is 15.7. The lowest BCUT2D eigenvalue weighted by Crippen LogP contribution is -2.14. The summed E-state index contributed by atoms with van der Waals surface area (Å²) in [6, 6.07) is 8.88. The average Bonchev–Trinajstić information content (AvgIpc) is 2.54. The van der Waals surface area contributed by atoms with Gasteiger partial charge in [0, 0.05) is 29.8 Å². The number of aromatic hydroxyl groups is 1. The van der Waals surface area contributed by atoms with Gasteiger partial charge < -0.3 is 19.5 Å². The quantitative estimate of drug-likeness (QED) is 0.863. The Morgan fingerprint density at radius 2 is 1.86 bits per heavy atom. The normalized spacial score (nSPS) is 10.2. The van der Waals surface area contributed by atoms with Crippen molar-refractivity contribution in [3.63, 3.8) is 0 Å². The Hall–Kier alpha value is -2.69. The Kier molecular flexibility index (Phi) is 4.56. The number of nitrogens with zero attached hydrogens (tertiary/aromatic N) is 1. The van der Waals surface area contributed by atoms with Crippen LogP contribution in [0.3, 0.4) is 0 Å². The molecule has 116 valence electrons. The van der Waals surface area contributed by atoms with E-state index in [0.29, 0.717) is 22.7 Å². The maximum Gasteiger partial charge on any atom is 0.213 e. The third kappa shape index (κ3) is 2.57. The van der Waals surface area contributed by atoms with Gasteiger partial charge in [-0.2, -0.15) is 0 Å². The number of hydrogen-bond donors (Lipinski definition) is 1. The third-order valence-electron chi connectivity index (χ3n) is 3.60. The summed E-state index contributed by atoms with van der Waals surface area (Å²) in [4.78, 5) is 12.6. The van der Waals surface area contributed by atoms with Crippen LogP contribution >= 0.6 is 0 Å². The number of rotatable bonds is 5. The van der Waals surface area contributed by atoms with E-state index in [1.807, 2.05) is 31.2 Å². The SMILES string of the molecule is COc1cc(O)c(-c2ccccc2N(C)C=O)c(C)c1OC. The maximum atomic E-state index is 11.1. The number of methoxy groups -OCH3 is 2. The van der Waals surface area contributed by atoms with E-state index in [1.165, 1.54) is 18.1 Å². The molecule has 1 N–H and O–H groups in total. The van der Waals surface area contributed by atoms with Gasteiger partial charge in [0.15, 0.2) is 11.5 Å². The summed E-state index contributed by atoms with van der Waals surface area (Å²) in [5.41, 5.74) is 2.80. The second-order valence-electron chi connectivity index (χ2n) is 4.86. The molecule has 0 unspecified atom stereocenters. The number of carbonyl (C=O) groups is 1. The lowest BCUT2D eigenvalue weighted by Gasteiger charge is -2.20. The summed E-state index contributed by atoms with van der Waals surface area (Å²) in [5.74, 6) is 1.09. The van der Waals surface area contributed by atoms with Crippen LogP contribution in [-0.2, 0) is 4.79 Å². The van der Waals surface area contributed by atoms with Crippen LogP contribution in [0.4, 0.5) is 5.69 Å². The summed E-state index contributed by atoms with van der Waals surface area (Å²) in [6.07, 6.45) is 0.728. The van der Waals surface area contributed by atoms with Crippen LogP contribution in [0.25, 0.3) is 11.1 Å². The van der Waals surface area contributed by atoms with E-state index in [4.69, 9.17) is 9.47 Å². The standard InChI is InChI=1S/C17H19NO4/c1-11-16(14(20)9-15(21-3)17(11)22-4)12-7-5-6-8-13(12)18(2)10-19/h5-10,20H,1-4H3. The number of anilines is 1. The molecule has 5 nitrogen and oxygen atoms in total. The van der Waals surface area contributed by atoms with Crippen LogP contribution in [0.15, 0.2) is 30.3 Å². The molecule has 0 bridgehead atoms. The van der Waals surface area contributed by atoms with Crippen molar-refractivity contribution in [3.05, 3.63) is 35.9 Å². The smallest absolute Gasteiger partial charge is 0.213 e. The molecule has 0 aliphatic carbocycles. The zero-order chi connectivity index (χ0) is 16.3. The summed E-state index contributed by atoms with van der Waals surface area (Å²) in [7, 11) is 4.73. The molecule has 0 aliphatic heterocycles. The molecule has 0 aromatic heterocycles. The largest absolute Gasteiger partial charge is 0.507 e. The molecular formula is C17H19NO4. The van der Waals surface area contributed by atoms with Gasteiger partial charge >= 0.3 is 0 Å². The highest BCUT2D eigenvalue weighted by atomic mass is 16.5. The molecule has 0 fully saturated rings. The van der Waals surface area contributed by atoms with E-state index in [2.05, 4.69) is 0 Å². The number of ether oxygens (including phenoxy) is 2. The molecule has 0 heterocycles. The second-order valence-corrected chi connectivity index (χ2v) is 4.86. The van der Waals surface area contributed by atoms with Gasteiger partial charge in [0.1, 0.15) is 5.75 Å². The maximum absolute atomic E-state index is 11.1. The summed E-state index contributed by atoms with van der Waals surface area (Å²) < 4.78 is 10.6. The minimum absolute atomic E-state index is 0.0712. The number of phenolic OH excluding ortho intramolecular Hbond substituents is 1. The van der Waals surface area contributed by atoms with Gasteiger partial charge in [0.25, 0.3) is 0 Å². The van der Waals surface area contributed by atoms with Gasteiger partial charge in [0.05, 0.1) is 19.9 Å². The molecule has 2 aromatic rings. The zero-order valence-corrected chi connectivity index (χ0v) is 13.1. The lowest BCUT2D eigenvalue weighted by molar-refractivity contribution is -0.107. The number of phenols is 1. The molecule has 0 radical (unpaired) electrons. The van der Waals surface area contributed by atoms with E-state index >= 15 is 0 Å². The molecule has 0 saturated heterocycles. The molecule has 22 heavy (non-hydrogen) atoms. The number of para-hydroxylation sites is 1. The number of hydrogen-bond acceptors (Lipinski definition) is 4. The van der Waals surface area contributed by atoms with Gasteiger partial charge in [-0.15, -0.1) is 0 Å². The summed E-state index contributed by atoms with van der Waals surface area (Å²) >= 11 is 0. The molecule has 1 amide bonds. The first-order valence-corrected chi connectivity index (χ1v) is 6.77. The molecular weight excluding hydrogens is 282 g/mol. The molecule has 5 heteroatoms. The predicted octanol–water partition coefficient (Wildman–Crippen LogP) is 2.98. The molecule has 0 spiro atoms. The van der Waals surface area contributed by atoms with Gasteiger partial charge in [-0.1, -0.05) is 18.2 Å². The Morgan fingerprint density at radius 3 is 2.45 bits per heavy atom. The highest BCUT2D eigenvalue weighted by Crippen LogP contribution is 2.45. The fourth-order valence-corrected chi connectivity index (χ4v) is 2.55. The molecule has 0 saturated carbocycles. The van der Waals surface area contributed by atoms with Gasteiger partial charge in [0.2, 0.25) is 6.41 Å². The second kappa shape index (κ2) is 6.39. The van der Waals surface area contributed by atoms with Crippen LogP contribution < -0.4 is 14.4 Å². The topological polar surface area (TPSA) is 59.0 Å². The van der Waals surface area contributed by atoms with E-state index in [0.717, 1.165) is 17.5 Å². The molecule has 2 rings (SSSR count). The highest BCUT2D eigenvalue weighted by Gasteiger charge is 2.20. The minimum atomic E-state index is 0.0712. The summed E-state index contributed by atoms with van der Waals surface area (Å²) in [6.45, 7) is 1.84. The van der Waals surface area contributed by atoms with E-state index in [9.17, 15) is 9.90 Å². The van der Waals surface area contributed by atoms with Gasteiger partial charge in [-0.25, -0.2) is 0 Å². The monoisotopic (exact) mass is 301 g/mol. The van der Waals surface area contributed by atoms with Crippen molar-refractivity contribution in [2.75, 3.05) is 26.2 Å². The van der Waals surface area contributed by atoms with Crippen molar-refractivity contribution >= 4 is 12.1 Å². The fraction of sp³-hybridized carbons (Fsp3) is 0.235. The van der Waals surface area contributed by atoms with Crippen molar-refractivity contribution in [1.29, 1.82) is 0 Å². The predicted molar refractivity (Wildman–Crippen MR) is 85.9 cm³/mol. The molecule has 0 aliphatic rings. The van der Waals surface area contributed by atoms with Crippen molar-refractivity contribution in [1.82, 2.24) is 0 Å². The number of benzene rings is 2. The summed E-state index contributed by atoms with van der Waals surface area (Å²) in [5, 5.41) is 10.4. The minimum Gasteiger partial charge on any atom is -0.507 e. The Balaban J connectivity index is 2.76. The van der Waals surface area contributed by atoms with Crippen molar-refractivity contribution in [3.8, 4) is 28.4 Å². The highest BCUT2D eigenvalue weighted by molar-refractivity contribution is 5.91. The van der Waals surface area contributed by atoms with Crippen LogP contribution in [-0.4, -0.2) is 32.8 Å². The van der Waals surface area contributed by atoms with Gasteiger partial charge in [-0.05, 0) is 13.0 Å². The Morgan fingerprint density at radius 1 is 1.18 bits per heavy atom. The fourth-order valence-electron chi connectivity index (χ4n) is 2.55. The number of carbonyl (C=O) groups excluding carboxylic acids is 1. The number of amides is 1. The van der Waals surface area contributed by atoms with Crippen LogP contribution in [0.2, 0.25) is 0 Å². The van der Waals surface area contributed by atoms with Crippen molar-refractivity contribution in [2.45, 2.75) is 6.92 Å². The van der Waals surface area contributed by atoms with Crippen molar-refractivity contribution < 1.29 is 19.4 Å². The lowest BCUT2D eigenvalue weighted by atomic mass is 9.96. The van der Waals surface area contributed by atoms with Gasteiger partial charge in [-0.3, -0.25) is 4.79 Å². The van der Waals surface area contributed by atoms with Crippen LogP contribution in [0.5, 0.6) is 17.2 Å². The zero-order valence-electron chi connectivity index (χ0n) is 13.1. The molecule has 0 atom stereocenters. The van der Waals surface area contributed by atoms with E-state index in [1.54, 1.807) is 14.2 Å². The van der Waals surface area contributed by atoms with Crippen molar-refractivity contribution in [2.24, 2.45) is 0 Å². The third-order valence-corrected chi connectivity index (χ3v) is 3.60. The van der Waals surface area contributed by atoms with E-state index < -0.39 is 0 Å². The first-order chi connectivity index (χ1) is 10.5. The first-order valence-electron chi connectivity index (χ1n) is 6.77.